The molecule has 372 valence electrons. The summed E-state index contributed by atoms with van der Waals surface area (Å²) < 4.78 is 57.6. The number of benzene rings is 4. The Morgan fingerprint density at radius 2 is 1.07 bits per heavy atom. The Morgan fingerprint density at radius 1 is 0.592 bits per heavy atom. The number of phenolic OH excluding ortho intramolecular Hbond substituents is 1. The number of hydrogen-bond acceptors (Lipinski definition) is 15. The van der Waals surface area contributed by atoms with Crippen molar-refractivity contribution in [3.8, 4) is 46.3 Å². The van der Waals surface area contributed by atoms with Crippen molar-refractivity contribution in [1.29, 1.82) is 0 Å². The summed E-state index contributed by atoms with van der Waals surface area (Å²) in [5, 5.41) is 20.5. The number of nitrogens with zero attached hydrogens (tertiary/aromatic N) is 8. The van der Waals surface area contributed by atoms with E-state index in [2.05, 4.69) is 39.7 Å². The van der Waals surface area contributed by atoms with E-state index >= 15 is 0 Å². The van der Waals surface area contributed by atoms with E-state index in [4.69, 9.17) is 28.8 Å². The minimum atomic E-state index is -0.488. The van der Waals surface area contributed by atoms with E-state index < -0.39 is 11.6 Å². The maximum absolute atomic E-state index is 14.9. The lowest BCUT2D eigenvalue weighted by molar-refractivity contribution is -0.131. The summed E-state index contributed by atoms with van der Waals surface area (Å²) >= 11 is 0. The Bertz CT molecular complexity index is 3140. The van der Waals surface area contributed by atoms with E-state index in [-0.39, 0.29) is 53.2 Å². The molecule has 10 rings (SSSR count). The maximum atomic E-state index is 14.9. The second-order valence-corrected chi connectivity index (χ2v) is 16.5. The number of carbonyl (C=O) groups excluding carboxylic acids is 2. The number of carbonyl (C=O) groups is 2. The van der Waals surface area contributed by atoms with Gasteiger partial charge in [0.05, 0.1) is 42.6 Å². The monoisotopic (exact) mass is 976 g/mol. The third-order valence-corrected chi connectivity index (χ3v) is 12.2. The fraction of sp³-hybridized carbons (Fsp3) is 0.320. The van der Waals surface area contributed by atoms with Gasteiger partial charge in [-0.25, -0.2) is 28.7 Å². The van der Waals surface area contributed by atoms with E-state index in [0.29, 0.717) is 68.3 Å². The Hall–Kier alpha value is -7.88. The van der Waals surface area contributed by atoms with Crippen LogP contribution in [0.3, 0.4) is 0 Å². The van der Waals surface area contributed by atoms with Crippen molar-refractivity contribution < 1.29 is 52.3 Å². The third kappa shape index (κ3) is 11.6. The average Bonchev–Trinajstić information content (AvgIpc) is 4.08. The van der Waals surface area contributed by atoms with Gasteiger partial charge < -0.3 is 53.7 Å². The molecule has 2 saturated heterocycles. The minimum Gasteiger partial charge on any atom is -0.504 e. The number of aromatic hydroxyl groups is 1. The Kier molecular flexibility index (Phi) is 15.8. The molecule has 2 fully saturated rings. The fourth-order valence-corrected chi connectivity index (χ4v) is 8.21. The molecule has 6 heterocycles. The lowest BCUT2D eigenvalue weighted by Crippen LogP contribution is -2.48. The van der Waals surface area contributed by atoms with E-state index in [9.17, 15) is 23.5 Å². The second-order valence-electron chi connectivity index (χ2n) is 16.5. The number of phenols is 1. The number of aromatic amines is 2. The third-order valence-electron chi connectivity index (χ3n) is 12.2. The van der Waals surface area contributed by atoms with Gasteiger partial charge in [-0.2, -0.15) is 0 Å². The highest BCUT2D eigenvalue weighted by molar-refractivity contribution is 5.89. The zero-order valence-corrected chi connectivity index (χ0v) is 39.7. The van der Waals surface area contributed by atoms with Crippen molar-refractivity contribution in [2.24, 2.45) is 0 Å². The highest BCUT2D eigenvalue weighted by atomic mass is 19.1. The van der Waals surface area contributed by atoms with Crippen LogP contribution in [0.1, 0.15) is 13.8 Å². The number of nitrogens with one attached hydrogen (secondary N) is 2. The SMILES string of the molecule is CC(=O)N1CCN(CCO)CC1.COc1cc2ncnc(Oc3ccc4[nH]ccc4c3F)c2cc1O.COc1cc2ncnc(Oc3ccc4[nH]ccc4c3F)c2cc1OCCN1CCN(C(C)=O)CC1. The number of β-amino-alcohol motifs (C(OH)–C–C–N with tert-alkyl or cyclic N) is 1. The highest BCUT2D eigenvalue weighted by Crippen LogP contribution is 2.39. The number of fused-ring (bicyclic) bond motifs is 4. The molecule has 4 aromatic carbocycles. The van der Waals surface area contributed by atoms with Crippen LogP contribution < -0.4 is 23.7 Å². The van der Waals surface area contributed by atoms with Crippen molar-refractivity contribution >= 4 is 55.4 Å². The summed E-state index contributed by atoms with van der Waals surface area (Å²) in [5.41, 5.74) is 2.46. The molecule has 4 N–H and O–H groups in total. The second kappa shape index (κ2) is 22.7. The van der Waals surface area contributed by atoms with Crippen LogP contribution in [0.25, 0.3) is 43.6 Å². The fourth-order valence-electron chi connectivity index (χ4n) is 8.21. The molecule has 71 heavy (non-hydrogen) atoms. The number of ether oxygens (including phenoxy) is 5. The first-order valence-corrected chi connectivity index (χ1v) is 22.8. The number of methoxy groups -OCH3 is 2. The maximum Gasteiger partial charge on any atom is 0.230 e. The van der Waals surface area contributed by atoms with E-state index in [1.54, 1.807) is 81.9 Å². The smallest absolute Gasteiger partial charge is 0.230 e. The molecular formula is C50H54F2N10O9. The summed E-state index contributed by atoms with van der Waals surface area (Å²) in [6, 6.07) is 16.3. The summed E-state index contributed by atoms with van der Waals surface area (Å²) in [5.74, 6) is 1.03. The van der Waals surface area contributed by atoms with Crippen LogP contribution in [0.5, 0.6) is 46.3 Å². The number of aliphatic hydroxyl groups is 1. The average molecular weight is 977 g/mol. The van der Waals surface area contributed by atoms with Gasteiger partial charge in [0.2, 0.25) is 23.6 Å². The number of rotatable bonds is 12. The van der Waals surface area contributed by atoms with Crippen LogP contribution in [0.15, 0.2) is 85.7 Å². The van der Waals surface area contributed by atoms with Gasteiger partial charge in [-0.15, -0.1) is 0 Å². The van der Waals surface area contributed by atoms with Crippen molar-refractivity contribution in [1.82, 2.24) is 49.5 Å². The predicted molar refractivity (Wildman–Crippen MR) is 260 cm³/mol. The highest BCUT2D eigenvalue weighted by Gasteiger charge is 2.21. The van der Waals surface area contributed by atoms with Crippen molar-refractivity contribution in [2.75, 3.05) is 92.9 Å². The van der Waals surface area contributed by atoms with Gasteiger partial charge in [0.15, 0.2) is 46.1 Å². The first kappa shape index (κ1) is 49.5. The lowest BCUT2D eigenvalue weighted by Gasteiger charge is -2.34. The van der Waals surface area contributed by atoms with Gasteiger partial charge in [0, 0.05) is 126 Å². The molecule has 19 nitrogen and oxygen atoms in total. The Labute approximate surface area is 406 Å². The van der Waals surface area contributed by atoms with Crippen LogP contribution in [0.4, 0.5) is 8.78 Å². The molecule has 0 spiro atoms. The molecule has 0 bridgehead atoms. The predicted octanol–water partition coefficient (Wildman–Crippen LogP) is 6.49. The quantitative estimate of drug-likeness (QED) is 0.103. The summed E-state index contributed by atoms with van der Waals surface area (Å²) in [6.07, 6.45) is 6.00. The van der Waals surface area contributed by atoms with Crippen LogP contribution >= 0.6 is 0 Å². The van der Waals surface area contributed by atoms with Gasteiger partial charge in [0.25, 0.3) is 0 Å². The number of piperazine rings is 2. The van der Waals surface area contributed by atoms with Crippen LogP contribution in [-0.2, 0) is 9.59 Å². The van der Waals surface area contributed by atoms with Gasteiger partial charge in [-0.1, -0.05) is 0 Å². The molecule has 21 heteroatoms. The van der Waals surface area contributed by atoms with E-state index in [1.165, 1.54) is 31.9 Å². The van der Waals surface area contributed by atoms with E-state index in [1.807, 2.05) is 9.80 Å². The van der Waals surface area contributed by atoms with Crippen molar-refractivity contribution in [3.05, 3.63) is 97.3 Å². The molecule has 2 amide bonds. The largest absolute Gasteiger partial charge is 0.504 e. The molecule has 0 unspecified atom stereocenters. The molecule has 4 aromatic heterocycles. The molecule has 0 atom stereocenters. The number of H-pyrrole nitrogens is 2. The molecular weight excluding hydrogens is 923 g/mol. The first-order valence-electron chi connectivity index (χ1n) is 22.8. The zero-order valence-electron chi connectivity index (χ0n) is 39.7. The molecule has 0 aliphatic carbocycles. The standard InChI is InChI=1S/C25H26FN5O4.C17H12FN3O3.C8H16N2O2/c1-16(32)31-9-7-30(8-10-31)11-12-34-23-13-18-20(14-22(23)33-2)28-15-29-25(18)35-21-4-3-19-17(24(21)26)5-6-27-19;1-23-15-7-12-10(6-13(15)22)17(21-8-20-12)24-14-3-2-11-9(16(14)18)4-5-19-11;1-8(12)10-4-2-9(3-5-10)6-7-11/h3-6,13-15,27H,7-12H2,1-2H3;2-8,19,22H,1H3;11H,2-7H2,1H3. The summed E-state index contributed by atoms with van der Waals surface area (Å²) in [7, 11) is 3.01. The molecule has 2 aliphatic rings. The summed E-state index contributed by atoms with van der Waals surface area (Å²) in [6.45, 7) is 11.7. The number of aromatic nitrogens is 6. The topological polar surface area (TPSA) is 217 Å². The van der Waals surface area contributed by atoms with E-state index in [0.717, 1.165) is 58.9 Å². The number of halogens is 2. The molecule has 0 saturated carbocycles. The van der Waals surface area contributed by atoms with Crippen molar-refractivity contribution in [2.45, 2.75) is 13.8 Å². The van der Waals surface area contributed by atoms with Crippen LogP contribution in [-0.4, -0.2) is 164 Å². The van der Waals surface area contributed by atoms with Gasteiger partial charge in [-0.3, -0.25) is 19.4 Å². The minimum absolute atomic E-state index is 0.0393. The molecule has 8 aromatic rings. The zero-order chi connectivity index (χ0) is 50.0. The van der Waals surface area contributed by atoms with Crippen LogP contribution in [0.2, 0.25) is 0 Å². The van der Waals surface area contributed by atoms with Gasteiger partial charge >= 0.3 is 0 Å². The molecule has 0 radical (unpaired) electrons. The lowest BCUT2D eigenvalue weighted by atomic mass is 10.2. The van der Waals surface area contributed by atoms with Gasteiger partial charge in [-0.05, 0) is 48.5 Å². The van der Waals surface area contributed by atoms with Gasteiger partial charge in [0.1, 0.15) is 19.3 Å². The number of aliphatic hydroxyl groups excluding tert-OH is 1. The first-order chi connectivity index (χ1) is 34.4. The Morgan fingerprint density at radius 3 is 1.55 bits per heavy atom. The number of hydrogen-bond donors (Lipinski definition) is 4. The van der Waals surface area contributed by atoms with Crippen molar-refractivity contribution in [3.63, 3.8) is 0 Å². The number of amides is 2. The summed E-state index contributed by atoms with van der Waals surface area (Å²) in [4.78, 5) is 53.2. The van der Waals surface area contributed by atoms with Crippen LogP contribution in [0, 0.1) is 11.6 Å². The Balaban J connectivity index is 0.000000161. The normalized spacial score (nSPS) is 14.2. The molecule has 2 aliphatic heterocycles.